The maximum Gasteiger partial charge on any atom is 0.522 e. The van der Waals surface area contributed by atoms with E-state index in [1.54, 1.807) is 12.1 Å². The number of amides is 2. The summed E-state index contributed by atoms with van der Waals surface area (Å²) in [7, 11) is 0. The van der Waals surface area contributed by atoms with Crippen molar-refractivity contribution < 1.29 is 32.6 Å². The van der Waals surface area contributed by atoms with Crippen LogP contribution in [0.4, 0.5) is 24.0 Å². The third kappa shape index (κ3) is 7.96. The van der Waals surface area contributed by atoms with Gasteiger partial charge in [-0.05, 0) is 49.3 Å². The maximum atomic E-state index is 12.7. The number of anilines is 2. The lowest BCUT2D eigenvalue weighted by Gasteiger charge is -2.18. The van der Waals surface area contributed by atoms with E-state index in [2.05, 4.69) is 25.7 Å². The molecule has 0 saturated heterocycles. The maximum absolute atomic E-state index is 12.7. The van der Waals surface area contributed by atoms with Gasteiger partial charge in [0.25, 0.3) is 11.8 Å². The van der Waals surface area contributed by atoms with Gasteiger partial charge in [-0.15, -0.1) is 13.2 Å². The summed E-state index contributed by atoms with van der Waals surface area (Å²) >= 11 is 1.24. The van der Waals surface area contributed by atoms with Crippen molar-refractivity contribution in [3.63, 3.8) is 0 Å². The number of benzene rings is 1. The third-order valence-electron chi connectivity index (χ3n) is 5.26. The Hall–Kier alpha value is -2.70. The van der Waals surface area contributed by atoms with Crippen LogP contribution in [0.15, 0.2) is 24.4 Å². The van der Waals surface area contributed by atoms with Crippen LogP contribution in [0.5, 0.6) is 0 Å². The number of thiazole rings is 1. The van der Waals surface area contributed by atoms with E-state index in [-0.39, 0.29) is 17.9 Å². The molecule has 0 spiro atoms. The Morgan fingerprint density at radius 2 is 2.06 bits per heavy atom. The van der Waals surface area contributed by atoms with Crippen LogP contribution < -0.4 is 16.0 Å². The quantitative estimate of drug-likeness (QED) is 0.353. The van der Waals surface area contributed by atoms with Gasteiger partial charge in [-0.3, -0.25) is 14.3 Å². The van der Waals surface area contributed by atoms with E-state index >= 15 is 0 Å². The molecular formula is C22H27F3N4O4S. The highest BCUT2D eigenvalue weighted by Crippen LogP contribution is 2.30. The van der Waals surface area contributed by atoms with E-state index in [0.717, 1.165) is 12.1 Å². The number of carbonyl (C=O) groups is 2. The Morgan fingerprint density at radius 3 is 2.71 bits per heavy atom. The number of ether oxygens (including phenoxy) is 1. The number of alkyl halides is 3. The summed E-state index contributed by atoms with van der Waals surface area (Å²) in [6.07, 6.45) is -0.500. The van der Waals surface area contributed by atoms with E-state index in [1.807, 2.05) is 6.92 Å². The van der Waals surface area contributed by atoms with Crippen LogP contribution in [0.25, 0.3) is 0 Å². The van der Waals surface area contributed by atoms with E-state index in [0.29, 0.717) is 28.0 Å². The molecule has 0 aliphatic heterocycles. The van der Waals surface area contributed by atoms with Gasteiger partial charge in [0, 0.05) is 17.8 Å². The lowest BCUT2D eigenvalue weighted by Crippen LogP contribution is -2.38. The van der Waals surface area contributed by atoms with Gasteiger partial charge < -0.3 is 21.1 Å². The number of nitrogens with one attached hydrogen (secondary N) is 3. The molecule has 12 heteroatoms. The van der Waals surface area contributed by atoms with Gasteiger partial charge in [0.1, 0.15) is 4.88 Å². The number of nitrogens with zero attached hydrogens (tertiary/aromatic N) is 1. The van der Waals surface area contributed by atoms with E-state index in [9.17, 15) is 27.9 Å². The van der Waals surface area contributed by atoms with Crippen LogP contribution >= 0.6 is 11.3 Å². The highest BCUT2D eigenvalue weighted by Gasteiger charge is 2.29. The number of aromatic nitrogens is 1. The number of carbonyl (C=O) groups excluding carboxylic acids is 2. The van der Waals surface area contributed by atoms with Crippen molar-refractivity contribution in [2.45, 2.75) is 45.0 Å². The number of hydrogen-bond donors (Lipinski definition) is 4. The zero-order valence-corrected chi connectivity index (χ0v) is 19.4. The average molecular weight is 501 g/mol. The summed E-state index contributed by atoms with van der Waals surface area (Å²) in [4.78, 5) is 30.0. The van der Waals surface area contributed by atoms with Gasteiger partial charge in [-0.25, -0.2) is 4.98 Å². The smallest absolute Gasteiger partial charge is 0.394 e. The normalized spacial score (nSPS) is 14.5. The van der Waals surface area contributed by atoms with Crippen molar-refractivity contribution in [2.24, 2.45) is 5.92 Å². The number of rotatable bonds is 12. The van der Waals surface area contributed by atoms with E-state index in [1.165, 1.54) is 36.4 Å². The van der Waals surface area contributed by atoms with Crippen molar-refractivity contribution in [2.75, 3.05) is 30.4 Å². The van der Waals surface area contributed by atoms with Gasteiger partial charge in [-0.1, -0.05) is 24.3 Å². The second-order valence-corrected chi connectivity index (χ2v) is 9.00. The van der Waals surface area contributed by atoms with Gasteiger partial charge in [-0.2, -0.15) is 0 Å². The van der Waals surface area contributed by atoms with Crippen molar-refractivity contribution in [3.8, 4) is 0 Å². The Balaban J connectivity index is 1.62. The molecule has 0 unspecified atom stereocenters. The molecule has 1 aromatic heterocycles. The molecule has 8 nitrogen and oxygen atoms in total. The van der Waals surface area contributed by atoms with Crippen LogP contribution in [-0.4, -0.2) is 54.1 Å². The topological polar surface area (TPSA) is 113 Å². The Labute approximate surface area is 198 Å². The third-order valence-corrected chi connectivity index (χ3v) is 6.21. The minimum atomic E-state index is -4.78. The first-order valence-electron chi connectivity index (χ1n) is 10.9. The van der Waals surface area contributed by atoms with Crippen LogP contribution in [-0.2, 0) is 11.2 Å². The van der Waals surface area contributed by atoms with Gasteiger partial charge in [0.05, 0.1) is 25.5 Å². The molecule has 3 rings (SSSR count). The SMILES string of the molecule is CCc1ccc(C(=O)N[C@H](CO)CCOC(F)(F)F)cc1NC(=O)c1cnc(NCC2CC2)s1. The zero-order valence-electron chi connectivity index (χ0n) is 18.6. The first kappa shape index (κ1) is 25.9. The first-order chi connectivity index (χ1) is 16.2. The molecule has 0 radical (unpaired) electrons. The molecule has 2 amide bonds. The molecule has 1 fully saturated rings. The number of aryl methyl sites for hydroxylation is 1. The predicted octanol–water partition coefficient (Wildman–Crippen LogP) is 3.80. The Kier molecular flexibility index (Phi) is 8.86. The predicted molar refractivity (Wildman–Crippen MR) is 122 cm³/mol. The highest BCUT2D eigenvalue weighted by atomic mass is 32.1. The first-order valence-corrected chi connectivity index (χ1v) is 11.8. The molecule has 1 aliphatic carbocycles. The average Bonchev–Trinajstić information content (AvgIpc) is 3.50. The molecule has 1 aromatic carbocycles. The van der Waals surface area contributed by atoms with Crippen LogP contribution in [0.1, 0.15) is 51.8 Å². The van der Waals surface area contributed by atoms with Gasteiger partial charge >= 0.3 is 6.36 Å². The number of aliphatic hydroxyl groups excluding tert-OH is 1. The zero-order chi connectivity index (χ0) is 24.7. The second-order valence-electron chi connectivity index (χ2n) is 7.97. The van der Waals surface area contributed by atoms with Crippen LogP contribution in [0.3, 0.4) is 0 Å². The minimum Gasteiger partial charge on any atom is -0.394 e. The summed E-state index contributed by atoms with van der Waals surface area (Å²) in [5.41, 5.74) is 1.44. The van der Waals surface area contributed by atoms with Gasteiger partial charge in [0.15, 0.2) is 5.13 Å². The van der Waals surface area contributed by atoms with Crippen molar-refractivity contribution in [1.29, 1.82) is 0 Å². The molecule has 186 valence electrons. The molecule has 2 aromatic rings. The number of hydrogen-bond acceptors (Lipinski definition) is 7. The summed E-state index contributed by atoms with van der Waals surface area (Å²) in [5.74, 6) is -0.278. The summed E-state index contributed by atoms with van der Waals surface area (Å²) in [6.45, 7) is 1.49. The Bertz CT molecular complexity index is 995. The minimum absolute atomic E-state index is 0.193. The number of aliphatic hydroxyl groups is 1. The highest BCUT2D eigenvalue weighted by molar-refractivity contribution is 7.17. The van der Waals surface area contributed by atoms with Crippen molar-refractivity contribution in [3.05, 3.63) is 40.4 Å². The van der Waals surface area contributed by atoms with Crippen molar-refractivity contribution in [1.82, 2.24) is 10.3 Å². The molecule has 0 bridgehead atoms. The van der Waals surface area contributed by atoms with E-state index in [4.69, 9.17) is 0 Å². The lowest BCUT2D eigenvalue weighted by atomic mass is 10.1. The fourth-order valence-electron chi connectivity index (χ4n) is 3.14. The summed E-state index contributed by atoms with van der Waals surface area (Å²) < 4.78 is 40.1. The molecule has 1 heterocycles. The lowest BCUT2D eigenvalue weighted by molar-refractivity contribution is -0.325. The van der Waals surface area contributed by atoms with E-state index < -0.39 is 31.5 Å². The van der Waals surface area contributed by atoms with Crippen LogP contribution in [0.2, 0.25) is 0 Å². The molecule has 1 saturated carbocycles. The molecule has 1 aliphatic rings. The monoisotopic (exact) mass is 500 g/mol. The van der Waals surface area contributed by atoms with Crippen molar-refractivity contribution >= 4 is 34.0 Å². The van der Waals surface area contributed by atoms with Crippen LogP contribution in [0, 0.1) is 5.92 Å². The largest absolute Gasteiger partial charge is 0.522 e. The fourth-order valence-corrected chi connectivity index (χ4v) is 3.85. The number of halogens is 3. The second kappa shape index (κ2) is 11.6. The molecular weight excluding hydrogens is 473 g/mol. The Morgan fingerprint density at radius 1 is 1.29 bits per heavy atom. The molecule has 34 heavy (non-hydrogen) atoms. The summed E-state index contributed by atoms with van der Waals surface area (Å²) in [5, 5.41) is 18.6. The molecule has 1 atom stereocenters. The van der Waals surface area contributed by atoms with Gasteiger partial charge in [0.2, 0.25) is 0 Å². The fraction of sp³-hybridized carbons (Fsp3) is 0.500. The molecule has 4 N–H and O–H groups in total. The summed E-state index contributed by atoms with van der Waals surface area (Å²) in [6, 6.07) is 3.83. The standard InChI is InChI=1S/C22H27F3N4O4S/c1-2-14-5-6-15(19(31)28-16(12-30)7-8-33-22(23,24)25)9-17(14)29-20(32)18-11-27-21(34-18)26-10-13-3-4-13/h5-6,9,11,13,16,30H,2-4,7-8,10,12H2,1H3,(H,26,27)(H,28,31)(H,29,32)/t16-/m0/s1.